The number of allylic oxidation sites excluding steroid dienone is 1. The number of benzene rings is 3. The topological polar surface area (TPSA) is 171 Å². The van der Waals surface area contributed by atoms with E-state index in [2.05, 4.69) is 10.6 Å². The summed E-state index contributed by atoms with van der Waals surface area (Å²) in [5.74, 6) is -4.87. The van der Waals surface area contributed by atoms with Gasteiger partial charge in [0.25, 0.3) is 15.7 Å². The molecule has 38 heavy (non-hydrogen) atoms. The van der Waals surface area contributed by atoms with Crippen molar-refractivity contribution in [3.63, 3.8) is 0 Å². The number of Topliss-reactive ketones (excluding diaryl/α,β-unsaturated/α-hetero) is 2. The Morgan fingerprint density at radius 3 is 2.18 bits per heavy atom. The van der Waals surface area contributed by atoms with Crippen molar-refractivity contribution in [1.29, 1.82) is 5.41 Å². The first-order valence-electron chi connectivity index (χ1n) is 10.7. The van der Waals surface area contributed by atoms with Gasteiger partial charge in [-0.05, 0) is 37.3 Å². The van der Waals surface area contributed by atoms with E-state index in [-0.39, 0.29) is 39.2 Å². The van der Waals surface area contributed by atoms with Crippen LogP contribution in [0.1, 0.15) is 27.6 Å². The number of nitro benzene ring substituents is 1. The number of nitrogens with zero attached hydrogens (tertiary/aromatic N) is 1. The first-order chi connectivity index (χ1) is 17.9. The number of carbonyl (C=O) groups excluding carboxylic acids is 2. The molecule has 1 aliphatic rings. The molecule has 0 aromatic heterocycles. The van der Waals surface area contributed by atoms with Crippen LogP contribution in [0.3, 0.4) is 0 Å². The number of anilines is 2. The minimum atomic E-state index is -4.22. The Bertz CT molecular complexity index is 1670. The molecule has 3 aromatic carbocycles. The van der Waals surface area contributed by atoms with Crippen molar-refractivity contribution in [2.75, 3.05) is 10.6 Å². The van der Waals surface area contributed by atoms with Gasteiger partial charge < -0.3 is 10.6 Å². The maximum Gasteiger partial charge on any atom is 0.271 e. The van der Waals surface area contributed by atoms with Crippen molar-refractivity contribution in [3.8, 4) is 0 Å². The number of rotatable bonds is 7. The monoisotopic (exact) mass is 541 g/mol. The number of nitrogens with one attached hydrogen (secondary N) is 4. The predicted octanol–water partition coefficient (Wildman–Crippen LogP) is 3.96. The Balaban J connectivity index is 1.85. The van der Waals surface area contributed by atoms with Crippen LogP contribution in [0.2, 0.25) is 0 Å². The highest BCUT2D eigenvalue weighted by Crippen LogP contribution is 2.36. The van der Waals surface area contributed by atoms with E-state index in [1.807, 2.05) is 4.72 Å². The molecule has 0 fully saturated rings. The summed E-state index contributed by atoms with van der Waals surface area (Å²) in [7, 11) is -4.22. The molecule has 0 aliphatic carbocycles. The first-order valence-corrected chi connectivity index (χ1v) is 12.1. The molecule has 4 rings (SSSR count). The largest absolute Gasteiger partial charge is 0.339 e. The van der Waals surface area contributed by atoms with Crippen LogP contribution in [-0.2, 0) is 10.0 Å². The molecule has 0 saturated heterocycles. The summed E-state index contributed by atoms with van der Waals surface area (Å²) in [6.45, 7) is 1.20. The van der Waals surface area contributed by atoms with E-state index in [4.69, 9.17) is 5.41 Å². The van der Waals surface area contributed by atoms with E-state index in [1.165, 1.54) is 37.3 Å². The SMILES string of the molecule is CC(=N)NS(=O)(=O)c1cccc(C(=O)/C(C(=O)c2cc(F)cc(F)c2)=C2/Nc3ccc([N+](=O)[O-])cc3N2)c1. The van der Waals surface area contributed by atoms with Crippen molar-refractivity contribution in [2.24, 2.45) is 0 Å². The Labute approximate surface area is 213 Å². The fraction of sp³-hybridized carbons (Fsp3) is 0.0417. The van der Waals surface area contributed by atoms with Gasteiger partial charge >= 0.3 is 0 Å². The number of hydrogen-bond acceptors (Lipinski definition) is 9. The number of nitro groups is 1. The lowest BCUT2D eigenvalue weighted by molar-refractivity contribution is -0.384. The lowest BCUT2D eigenvalue weighted by Crippen LogP contribution is -2.28. The third-order valence-electron chi connectivity index (χ3n) is 5.26. The summed E-state index contributed by atoms with van der Waals surface area (Å²) in [6, 6.07) is 10.3. The Kier molecular flexibility index (Phi) is 6.74. The molecule has 14 heteroatoms. The van der Waals surface area contributed by atoms with E-state index in [0.717, 1.165) is 24.3 Å². The standard InChI is InChI=1S/C24H17F2N5O6S/c1-12(27)30-38(36,37)18-4-2-3-13(9-18)22(32)21(23(33)14-7-15(25)10-16(26)8-14)24-28-19-6-5-17(31(34)35)11-20(19)29-24/h2-11,28-29H,1H3,(H2,27,30)/b24-21+. The fourth-order valence-corrected chi connectivity index (χ4v) is 4.71. The third-order valence-corrected chi connectivity index (χ3v) is 6.71. The molecule has 0 spiro atoms. The lowest BCUT2D eigenvalue weighted by atomic mass is 9.95. The smallest absolute Gasteiger partial charge is 0.271 e. The van der Waals surface area contributed by atoms with Crippen LogP contribution >= 0.6 is 0 Å². The zero-order chi connectivity index (χ0) is 27.8. The summed E-state index contributed by atoms with van der Waals surface area (Å²) < 4.78 is 54.8. The molecular formula is C24H17F2N5O6S. The highest BCUT2D eigenvalue weighted by Gasteiger charge is 2.31. The van der Waals surface area contributed by atoms with Gasteiger partial charge in [-0.25, -0.2) is 17.2 Å². The van der Waals surface area contributed by atoms with Crippen LogP contribution in [-0.4, -0.2) is 30.7 Å². The second-order valence-corrected chi connectivity index (χ2v) is 9.74. The van der Waals surface area contributed by atoms with Gasteiger partial charge in [-0.2, -0.15) is 0 Å². The Hall–Kier alpha value is -4.98. The zero-order valence-corrected chi connectivity index (χ0v) is 20.2. The molecule has 194 valence electrons. The van der Waals surface area contributed by atoms with Crippen molar-refractivity contribution >= 4 is 44.5 Å². The molecule has 0 saturated carbocycles. The Morgan fingerprint density at radius 1 is 0.921 bits per heavy atom. The van der Waals surface area contributed by atoms with Crippen molar-refractivity contribution in [1.82, 2.24) is 4.72 Å². The highest BCUT2D eigenvalue weighted by atomic mass is 32.2. The molecule has 0 atom stereocenters. The number of ketones is 2. The molecule has 1 aliphatic heterocycles. The van der Waals surface area contributed by atoms with Crippen LogP contribution in [0.25, 0.3) is 0 Å². The fourth-order valence-electron chi connectivity index (χ4n) is 3.65. The predicted molar refractivity (Wildman–Crippen MR) is 133 cm³/mol. The molecule has 0 bridgehead atoms. The molecule has 1 heterocycles. The first kappa shape index (κ1) is 26.1. The highest BCUT2D eigenvalue weighted by molar-refractivity contribution is 7.90. The number of fused-ring (bicyclic) bond motifs is 1. The molecule has 0 radical (unpaired) electrons. The molecule has 11 nitrogen and oxygen atoms in total. The van der Waals surface area contributed by atoms with Gasteiger partial charge in [-0.15, -0.1) is 0 Å². The molecule has 0 unspecified atom stereocenters. The third kappa shape index (κ3) is 5.24. The van der Waals surface area contributed by atoms with E-state index in [0.29, 0.717) is 6.07 Å². The second kappa shape index (κ2) is 9.82. The van der Waals surface area contributed by atoms with E-state index in [1.54, 1.807) is 0 Å². The van der Waals surface area contributed by atoms with Gasteiger partial charge in [0.05, 0.1) is 21.2 Å². The minimum Gasteiger partial charge on any atom is -0.339 e. The minimum absolute atomic E-state index is 0.153. The van der Waals surface area contributed by atoms with Crippen molar-refractivity contribution < 1.29 is 31.7 Å². The van der Waals surface area contributed by atoms with E-state index >= 15 is 0 Å². The summed E-state index contributed by atoms with van der Waals surface area (Å²) in [5.41, 5.74) is -1.27. The maximum atomic E-state index is 13.9. The van der Waals surface area contributed by atoms with Crippen LogP contribution in [0, 0.1) is 27.2 Å². The number of carbonyl (C=O) groups is 2. The molecule has 3 aromatic rings. The molecule has 4 N–H and O–H groups in total. The zero-order valence-electron chi connectivity index (χ0n) is 19.3. The van der Waals surface area contributed by atoms with Crippen LogP contribution < -0.4 is 15.4 Å². The van der Waals surface area contributed by atoms with Gasteiger partial charge in [0, 0.05) is 29.3 Å². The maximum absolute atomic E-state index is 13.9. The number of non-ortho nitro benzene ring substituents is 1. The molecular weight excluding hydrogens is 524 g/mol. The van der Waals surface area contributed by atoms with Crippen molar-refractivity contribution in [3.05, 3.63) is 105 Å². The quantitative estimate of drug-likeness (QED) is 0.0509. The lowest BCUT2D eigenvalue weighted by Gasteiger charge is -2.12. The van der Waals surface area contributed by atoms with Crippen molar-refractivity contribution in [2.45, 2.75) is 11.8 Å². The number of halogens is 2. The average Bonchev–Trinajstić information content (AvgIpc) is 3.25. The number of hydrogen-bond donors (Lipinski definition) is 4. The summed E-state index contributed by atoms with van der Waals surface area (Å²) >= 11 is 0. The number of sulfonamides is 1. The van der Waals surface area contributed by atoms with E-state index in [9.17, 15) is 36.9 Å². The van der Waals surface area contributed by atoms with E-state index < -0.39 is 49.3 Å². The van der Waals surface area contributed by atoms with Crippen LogP contribution in [0.5, 0.6) is 0 Å². The van der Waals surface area contributed by atoms with Crippen LogP contribution in [0.15, 0.2) is 77.0 Å². The van der Waals surface area contributed by atoms with Gasteiger partial charge in [0.2, 0.25) is 11.6 Å². The molecule has 0 amide bonds. The van der Waals surface area contributed by atoms with Gasteiger partial charge in [0.1, 0.15) is 28.9 Å². The average molecular weight is 541 g/mol. The Morgan fingerprint density at radius 2 is 1.55 bits per heavy atom. The van der Waals surface area contributed by atoms with Crippen LogP contribution in [0.4, 0.5) is 25.8 Å². The van der Waals surface area contributed by atoms with Gasteiger partial charge in [-0.3, -0.25) is 29.8 Å². The summed E-state index contributed by atoms with van der Waals surface area (Å²) in [4.78, 5) is 37.2. The van der Waals surface area contributed by atoms with Gasteiger partial charge in [-0.1, -0.05) is 12.1 Å². The second-order valence-electron chi connectivity index (χ2n) is 8.06. The number of amidine groups is 1. The summed E-state index contributed by atoms with van der Waals surface area (Å²) in [5, 5.41) is 24.0. The van der Waals surface area contributed by atoms with Gasteiger partial charge in [0.15, 0.2) is 0 Å². The summed E-state index contributed by atoms with van der Waals surface area (Å²) in [6.07, 6.45) is 0. The normalized spacial score (nSPS) is 13.6.